The van der Waals surface area contributed by atoms with Gasteiger partial charge in [-0.15, -0.1) is 0 Å². The monoisotopic (exact) mass is 297 g/mol. The largest absolute Gasteiger partial charge is 0.356 e. The van der Waals surface area contributed by atoms with Gasteiger partial charge in [0.2, 0.25) is 0 Å². The fourth-order valence-electron chi connectivity index (χ4n) is 2.51. The number of nitrogens with two attached hydrogens (primary N) is 1. The number of aromatic nitrogens is 1. The van der Waals surface area contributed by atoms with Crippen LogP contribution >= 0.6 is 15.9 Å². The number of aryl methyl sites for hydroxylation is 1. The van der Waals surface area contributed by atoms with Gasteiger partial charge in [-0.3, -0.25) is 0 Å². The van der Waals surface area contributed by atoms with E-state index in [0.29, 0.717) is 5.92 Å². The van der Waals surface area contributed by atoms with Gasteiger partial charge in [0.05, 0.1) is 0 Å². The zero-order valence-electron chi connectivity index (χ0n) is 10.5. The van der Waals surface area contributed by atoms with E-state index < -0.39 is 0 Å². The minimum absolute atomic E-state index is 0.591. The van der Waals surface area contributed by atoms with Crippen molar-refractivity contribution in [1.29, 1.82) is 0 Å². The molecule has 2 N–H and O–H groups in total. The molecule has 0 saturated carbocycles. The minimum Gasteiger partial charge on any atom is -0.356 e. The molecule has 2 unspecified atom stereocenters. The predicted molar refractivity (Wildman–Crippen MR) is 75.2 cm³/mol. The molecule has 0 aromatic carbocycles. The zero-order chi connectivity index (χ0) is 12.4. The lowest BCUT2D eigenvalue weighted by molar-refractivity contribution is 0.306. The topological polar surface area (TPSA) is 42.2 Å². The van der Waals surface area contributed by atoms with Crippen LogP contribution in [-0.4, -0.2) is 24.6 Å². The fourth-order valence-corrected chi connectivity index (χ4v) is 2.96. The Balaban J connectivity index is 2.17. The number of pyridine rings is 1. The molecule has 1 saturated heterocycles. The van der Waals surface area contributed by atoms with E-state index in [2.05, 4.69) is 45.7 Å². The van der Waals surface area contributed by atoms with Crippen LogP contribution in [0.2, 0.25) is 0 Å². The number of rotatable bonds is 2. The van der Waals surface area contributed by atoms with Crippen molar-refractivity contribution in [2.75, 3.05) is 24.5 Å². The van der Waals surface area contributed by atoms with Crippen LogP contribution in [0.5, 0.6) is 0 Å². The third-order valence-corrected chi connectivity index (χ3v) is 4.17. The third kappa shape index (κ3) is 2.80. The molecule has 2 atom stereocenters. The summed E-state index contributed by atoms with van der Waals surface area (Å²) in [7, 11) is 0. The van der Waals surface area contributed by atoms with Crippen LogP contribution in [-0.2, 0) is 0 Å². The highest BCUT2D eigenvalue weighted by molar-refractivity contribution is 9.10. The lowest BCUT2D eigenvalue weighted by atomic mass is 9.87. The Morgan fingerprint density at radius 3 is 3.00 bits per heavy atom. The number of anilines is 1. The first kappa shape index (κ1) is 12.8. The molecule has 0 bridgehead atoms. The van der Waals surface area contributed by atoms with Gasteiger partial charge < -0.3 is 10.6 Å². The highest BCUT2D eigenvalue weighted by Gasteiger charge is 2.26. The van der Waals surface area contributed by atoms with E-state index in [9.17, 15) is 0 Å². The Morgan fingerprint density at radius 2 is 2.35 bits per heavy atom. The van der Waals surface area contributed by atoms with Crippen molar-refractivity contribution in [3.8, 4) is 0 Å². The molecule has 2 heterocycles. The molecule has 0 spiro atoms. The van der Waals surface area contributed by atoms with E-state index in [-0.39, 0.29) is 0 Å². The molecule has 0 amide bonds. The first-order chi connectivity index (χ1) is 8.11. The number of hydrogen-bond acceptors (Lipinski definition) is 3. The molecular formula is C13H20BrN3. The number of nitrogens with zero attached hydrogens (tertiary/aromatic N) is 2. The van der Waals surface area contributed by atoms with Crippen LogP contribution in [0, 0.1) is 18.8 Å². The standard InChI is InChI=1S/C13H20BrN3/c1-9-3-4-17(8-11(9)6-15)13-10(2)5-12(14)7-16-13/h5,7,9,11H,3-4,6,8,15H2,1-2H3. The van der Waals surface area contributed by atoms with Crippen molar-refractivity contribution in [2.24, 2.45) is 17.6 Å². The summed E-state index contributed by atoms with van der Waals surface area (Å²) >= 11 is 3.45. The van der Waals surface area contributed by atoms with Gasteiger partial charge in [-0.2, -0.15) is 0 Å². The Hall–Kier alpha value is -0.610. The van der Waals surface area contributed by atoms with E-state index in [1.54, 1.807) is 0 Å². The Bertz CT molecular complexity index is 394. The molecule has 1 aromatic heterocycles. The van der Waals surface area contributed by atoms with Crippen LogP contribution < -0.4 is 10.6 Å². The van der Waals surface area contributed by atoms with Crippen molar-refractivity contribution < 1.29 is 0 Å². The van der Waals surface area contributed by atoms with Crippen molar-refractivity contribution in [2.45, 2.75) is 20.3 Å². The fraction of sp³-hybridized carbons (Fsp3) is 0.615. The number of piperidine rings is 1. The maximum absolute atomic E-state index is 5.84. The second-order valence-electron chi connectivity index (χ2n) is 5.00. The van der Waals surface area contributed by atoms with Crippen LogP contribution in [0.4, 0.5) is 5.82 Å². The summed E-state index contributed by atoms with van der Waals surface area (Å²) < 4.78 is 1.04. The van der Waals surface area contributed by atoms with Gasteiger partial charge in [0.25, 0.3) is 0 Å². The van der Waals surface area contributed by atoms with Gasteiger partial charge >= 0.3 is 0 Å². The highest BCUT2D eigenvalue weighted by Crippen LogP contribution is 2.28. The molecule has 3 nitrogen and oxygen atoms in total. The predicted octanol–water partition coefficient (Wildman–Crippen LogP) is 2.57. The van der Waals surface area contributed by atoms with Crippen molar-refractivity contribution in [1.82, 2.24) is 4.98 Å². The van der Waals surface area contributed by atoms with Crippen molar-refractivity contribution in [3.63, 3.8) is 0 Å². The molecular weight excluding hydrogens is 278 g/mol. The Kier molecular flexibility index (Phi) is 4.05. The molecule has 0 aliphatic carbocycles. The van der Waals surface area contributed by atoms with Crippen LogP contribution in [0.15, 0.2) is 16.7 Å². The molecule has 1 fully saturated rings. The summed E-state index contributed by atoms with van der Waals surface area (Å²) in [6, 6.07) is 2.12. The summed E-state index contributed by atoms with van der Waals surface area (Å²) in [5.74, 6) is 2.43. The van der Waals surface area contributed by atoms with Gasteiger partial charge in [-0.05, 0) is 59.3 Å². The summed E-state index contributed by atoms with van der Waals surface area (Å²) in [4.78, 5) is 6.91. The lowest BCUT2D eigenvalue weighted by Crippen LogP contribution is -2.43. The zero-order valence-corrected chi connectivity index (χ0v) is 12.1. The van der Waals surface area contributed by atoms with Gasteiger partial charge in [0.1, 0.15) is 5.82 Å². The van der Waals surface area contributed by atoms with Gasteiger partial charge in [0.15, 0.2) is 0 Å². The Morgan fingerprint density at radius 1 is 1.59 bits per heavy atom. The number of hydrogen-bond donors (Lipinski definition) is 1. The summed E-state index contributed by atoms with van der Waals surface area (Å²) in [5.41, 5.74) is 7.07. The molecule has 1 aliphatic heterocycles. The molecule has 94 valence electrons. The van der Waals surface area contributed by atoms with Crippen molar-refractivity contribution >= 4 is 21.7 Å². The van der Waals surface area contributed by atoms with Crippen LogP contribution in [0.1, 0.15) is 18.9 Å². The average Bonchev–Trinajstić information content (AvgIpc) is 2.30. The van der Waals surface area contributed by atoms with Crippen LogP contribution in [0.25, 0.3) is 0 Å². The normalized spacial score (nSPS) is 25.1. The molecule has 0 radical (unpaired) electrons. The molecule has 17 heavy (non-hydrogen) atoms. The SMILES string of the molecule is Cc1cc(Br)cnc1N1CCC(C)C(CN)C1. The second-order valence-corrected chi connectivity index (χ2v) is 5.92. The van der Waals surface area contributed by atoms with E-state index in [4.69, 9.17) is 5.73 Å². The van der Waals surface area contributed by atoms with Gasteiger partial charge in [0, 0.05) is 23.8 Å². The molecule has 1 aromatic rings. The smallest absolute Gasteiger partial charge is 0.131 e. The quantitative estimate of drug-likeness (QED) is 0.912. The van der Waals surface area contributed by atoms with Gasteiger partial charge in [-0.25, -0.2) is 4.98 Å². The summed E-state index contributed by atoms with van der Waals surface area (Å²) in [5, 5.41) is 0. The van der Waals surface area contributed by atoms with E-state index in [0.717, 1.165) is 35.8 Å². The maximum atomic E-state index is 5.84. The average molecular weight is 298 g/mol. The second kappa shape index (κ2) is 5.36. The molecule has 2 rings (SSSR count). The maximum Gasteiger partial charge on any atom is 0.131 e. The van der Waals surface area contributed by atoms with Crippen LogP contribution in [0.3, 0.4) is 0 Å². The number of halogens is 1. The van der Waals surface area contributed by atoms with E-state index in [1.807, 2.05) is 6.20 Å². The molecule has 1 aliphatic rings. The lowest BCUT2D eigenvalue weighted by Gasteiger charge is -2.37. The van der Waals surface area contributed by atoms with E-state index in [1.165, 1.54) is 12.0 Å². The summed E-state index contributed by atoms with van der Waals surface area (Å²) in [6.07, 6.45) is 3.08. The first-order valence-electron chi connectivity index (χ1n) is 6.19. The first-order valence-corrected chi connectivity index (χ1v) is 6.98. The summed E-state index contributed by atoms with van der Waals surface area (Å²) in [6.45, 7) is 7.31. The molecule has 4 heteroatoms. The van der Waals surface area contributed by atoms with Crippen molar-refractivity contribution in [3.05, 3.63) is 22.3 Å². The minimum atomic E-state index is 0.591. The van der Waals surface area contributed by atoms with Gasteiger partial charge in [-0.1, -0.05) is 6.92 Å². The third-order valence-electron chi connectivity index (χ3n) is 3.73. The highest BCUT2D eigenvalue weighted by atomic mass is 79.9. The van der Waals surface area contributed by atoms with E-state index >= 15 is 0 Å². The Labute approximate surface area is 112 Å².